The topological polar surface area (TPSA) is 60.5 Å². The van der Waals surface area contributed by atoms with Crippen LogP contribution in [0.5, 0.6) is 5.75 Å². The zero-order valence-corrected chi connectivity index (χ0v) is 11.8. The molecule has 0 aliphatic carbocycles. The van der Waals surface area contributed by atoms with Crippen LogP contribution in [0.1, 0.15) is 10.5 Å². The van der Waals surface area contributed by atoms with Crippen molar-refractivity contribution in [2.24, 2.45) is 0 Å². The van der Waals surface area contributed by atoms with Gasteiger partial charge in [-0.2, -0.15) is 0 Å². The minimum atomic E-state index is -0.460. The number of carbonyl (C=O) groups excluding carboxylic acids is 1. The molecule has 0 bridgehead atoms. The third-order valence-electron chi connectivity index (χ3n) is 2.30. The van der Waals surface area contributed by atoms with Crippen molar-refractivity contribution < 1.29 is 14.3 Å². The fourth-order valence-corrected chi connectivity index (χ4v) is 2.29. The Labute approximate surface area is 119 Å². The first-order chi connectivity index (χ1) is 9.13. The van der Waals surface area contributed by atoms with Gasteiger partial charge < -0.3 is 14.8 Å². The number of ether oxygens (including phenoxy) is 2. The van der Waals surface area contributed by atoms with E-state index in [1.54, 1.807) is 30.7 Å². The highest BCUT2D eigenvalue weighted by molar-refractivity contribution is 7.14. The van der Waals surface area contributed by atoms with Gasteiger partial charge in [0.25, 0.3) is 0 Å². The molecule has 0 aliphatic rings. The maximum Gasteiger partial charge on any atom is 0.357 e. The number of methoxy groups -OCH3 is 2. The van der Waals surface area contributed by atoms with E-state index in [4.69, 9.17) is 16.3 Å². The van der Waals surface area contributed by atoms with Crippen LogP contribution in [0.3, 0.4) is 0 Å². The SMILES string of the molecule is COC(=O)c1csc(Nc2ccc(Cl)c(OC)c2)n1. The maximum absolute atomic E-state index is 11.3. The van der Waals surface area contributed by atoms with Crippen LogP contribution in [0.15, 0.2) is 23.6 Å². The Morgan fingerprint density at radius 1 is 1.42 bits per heavy atom. The molecule has 100 valence electrons. The number of halogens is 1. The summed E-state index contributed by atoms with van der Waals surface area (Å²) in [6.07, 6.45) is 0. The monoisotopic (exact) mass is 298 g/mol. The average Bonchev–Trinajstić information content (AvgIpc) is 2.88. The number of hydrogen-bond donors (Lipinski definition) is 1. The molecule has 1 N–H and O–H groups in total. The number of thiazole rings is 1. The van der Waals surface area contributed by atoms with Gasteiger partial charge in [-0.1, -0.05) is 11.6 Å². The molecular weight excluding hydrogens is 288 g/mol. The van der Waals surface area contributed by atoms with Crippen LogP contribution in [0.25, 0.3) is 0 Å². The molecule has 0 radical (unpaired) electrons. The van der Waals surface area contributed by atoms with Crippen molar-refractivity contribution in [3.05, 3.63) is 34.3 Å². The van der Waals surface area contributed by atoms with Gasteiger partial charge >= 0.3 is 5.97 Å². The van der Waals surface area contributed by atoms with E-state index in [9.17, 15) is 4.79 Å². The van der Waals surface area contributed by atoms with E-state index in [0.29, 0.717) is 15.9 Å². The van der Waals surface area contributed by atoms with Crippen molar-refractivity contribution in [2.75, 3.05) is 19.5 Å². The number of rotatable bonds is 4. The largest absolute Gasteiger partial charge is 0.495 e. The Bertz CT molecular complexity index is 600. The van der Waals surface area contributed by atoms with Gasteiger partial charge in [-0.05, 0) is 12.1 Å². The third kappa shape index (κ3) is 3.15. The molecule has 5 nitrogen and oxygen atoms in total. The number of benzene rings is 1. The Morgan fingerprint density at radius 2 is 2.21 bits per heavy atom. The van der Waals surface area contributed by atoms with Gasteiger partial charge in [-0.25, -0.2) is 9.78 Å². The molecule has 7 heteroatoms. The molecule has 0 amide bonds. The summed E-state index contributed by atoms with van der Waals surface area (Å²) in [5.41, 5.74) is 1.04. The zero-order chi connectivity index (χ0) is 13.8. The second-order valence-corrected chi connectivity index (χ2v) is 4.77. The summed E-state index contributed by atoms with van der Waals surface area (Å²) >= 11 is 7.25. The molecule has 2 aromatic rings. The van der Waals surface area contributed by atoms with Gasteiger partial charge in [0.15, 0.2) is 10.8 Å². The van der Waals surface area contributed by atoms with Gasteiger partial charge in [-0.3, -0.25) is 0 Å². The molecule has 0 unspecified atom stereocenters. The van der Waals surface area contributed by atoms with E-state index >= 15 is 0 Å². The summed E-state index contributed by atoms with van der Waals surface area (Å²) in [7, 11) is 2.86. The summed E-state index contributed by atoms with van der Waals surface area (Å²) in [4.78, 5) is 15.4. The van der Waals surface area contributed by atoms with Crippen LogP contribution in [-0.4, -0.2) is 25.2 Å². The van der Waals surface area contributed by atoms with E-state index in [0.717, 1.165) is 5.69 Å². The third-order valence-corrected chi connectivity index (χ3v) is 3.37. The molecule has 0 fully saturated rings. The average molecular weight is 299 g/mol. The number of nitrogens with one attached hydrogen (secondary N) is 1. The minimum absolute atomic E-state index is 0.274. The molecule has 0 saturated heterocycles. The number of carbonyl (C=O) groups is 1. The van der Waals surface area contributed by atoms with Crippen LogP contribution in [0, 0.1) is 0 Å². The van der Waals surface area contributed by atoms with Crippen molar-refractivity contribution in [1.29, 1.82) is 0 Å². The van der Waals surface area contributed by atoms with Crippen molar-refractivity contribution in [3.63, 3.8) is 0 Å². The lowest BCUT2D eigenvalue weighted by atomic mass is 10.3. The zero-order valence-electron chi connectivity index (χ0n) is 10.3. The van der Waals surface area contributed by atoms with E-state index in [1.165, 1.54) is 18.4 Å². The summed E-state index contributed by atoms with van der Waals surface area (Å²) < 4.78 is 9.71. The Morgan fingerprint density at radius 3 is 2.89 bits per heavy atom. The van der Waals surface area contributed by atoms with Crippen LogP contribution >= 0.6 is 22.9 Å². The fraction of sp³-hybridized carbons (Fsp3) is 0.167. The number of nitrogens with zero attached hydrogens (tertiary/aromatic N) is 1. The number of anilines is 2. The molecule has 2 rings (SSSR count). The second-order valence-electron chi connectivity index (χ2n) is 3.50. The highest BCUT2D eigenvalue weighted by atomic mass is 35.5. The van der Waals surface area contributed by atoms with Gasteiger partial charge in [0, 0.05) is 17.1 Å². The number of hydrogen-bond acceptors (Lipinski definition) is 6. The Kier molecular flexibility index (Phi) is 4.24. The molecule has 0 saturated carbocycles. The van der Waals surface area contributed by atoms with E-state index < -0.39 is 5.97 Å². The highest BCUT2D eigenvalue weighted by Gasteiger charge is 2.11. The van der Waals surface area contributed by atoms with Crippen LogP contribution in [0.4, 0.5) is 10.8 Å². The van der Waals surface area contributed by atoms with Crippen molar-refractivity contribution >= 4 is 39.7 Å². The van der Waals surface area contributed by atoms with Crippen molar-refractivity contribution in [3.8, 4) is 5.75 Å². The lowest BCUT2D eigenvalue weighted by Gasteiger charge is -2.06. The van der Waals surface area contributed by atoms with Crippen molar-refractivity contribution in [1.82, 2.24) is 4.98 Å². The summed E-state index contributed by atoms with van der Waals surface area (Å²) in [5, 5.41) is 5.81. The molecule has 1 heterocycles. The summed E-state index contributed by atoms with van der Waals surface area (Å²) in [5.74, 6) is 0.106. The van der Waals surface area contributed by atoms with Gasteiger partial charge in [0.2, 0.25) is 0 Å². The van der Waals surface area contributed by atoms with E-state index in [1.807, 2.05) is 0 Å². The van der Waals surface area contributed by atoms with Gasteiger partial charge in [0.05, 0.1) is 19.2 Å². The normalized spacial score (nSPS) is 10.1. The summed E-state index contributed by atoms with van der Waals surface area (Å²) in [6, 6.07) is 5.27. The molecule has 1 aromatic heterocycles. The lowest BCUT2D eigenvalue weighted by molar-refractivity contribution is 0.0595. The number of aromatic nitrogens is 1. The Hall–Kier alpha value is -1.79. The molecule has 19 heavy (non-hydrogen) atoms. The molecular formula is C12H11ClN2O3S. The predicted octanol–water partition coefficient (Wildman–Crippen LogP) is 3.34. The van der Waals surface area contributed by atoms with Gasteiger partial charge in [-0.15, -0.1) is 11.3 Å². The molecule has 1 aromatic carbocycles. The predicted molar refractivity (Wildman–Crippen MR) is 74.7 cm³/mol. The molecule has 0 aliphatic heterocycles. The summed E-state index contributed by atoms with van der Waals surface area (Å²) in [6.45, 7) is 0. The number of esters is 1. The fourth-order valence-electron chi connectivity index (χ4n) is 1.39. The van der Waals surface area contributed by atoms with Crippen LogP contribution < -0.4 is 10.1 Å². The van der Waals surface area contributed by atoms with Crippen LogP contribution in [-0.2, 0) is 4.74 Å². The standard InChI is InChI=1S/C12H11ClN2O3S/c1-17-10-5-7(3-4-8(10)13)14-12-15-9(6-19-12)11(16)18-2/h3-6H,1-2H3,(H,14,15). The van der Waals surface area contributed by atoms with E-state index in [2.05, 4.69) is 15.0 Å². The van der Waals surface area contributed by atoms with Crippen molar-refractivity contribution in [2.45, 2.75) is 0 Å². The lowest BCUT2D eigenvalue weighted by Crippen LogP contribution is -2.01. The smallest absolute Gasteiger partial charge is 0.357 e. The molecule has 0 spiro atoms. The van der Waals surface area contributed by atoms with E-state index in [-0.39, 0.29) is 5.69 Å². The minimum Gasteiger partial charge on any atom is -0.495 e. The first-order valence-electron chi connectivity index (χ1n) is 5.28. The molecule has 0 atom stereocenters. The second kappa shape index (κ2) is 5.90. The van der Waals surface area contributed by atoms with Crippen LogP contribution in [0.2, 0.25) is 5.02 Å². The quantitative estimate of drug-likeness (QED) is 0.877. The first-order valence-corrected chi connectivity index (χ1v) is 6.54. The highest BCUT2D eigenvalue weighted by Crippen LogP contribution is 2.29. The maximum atomic E-state index is 11.3. The first kappa shape index (κ1) is 13.6. The Balaban J connectivity index is 2.17. The van der Waals surface area contributed by atoms with Gasteiger partial charge in [0.1, 0.15) is 5.75 Å².